The molecule has 671 valence electrons. The van der Waals surface area contributed by atoms with Crippen LogP contribution in [0.2, 0.25) is 0 Å². The van der Waals surface area contributed by atoms with Gasteiger partial charge in [-0.2, -0.15) is 0 Å². The van der Waals surface area contributed by atoms with Crippen LogP contribution >= 0.6 is 0 Å². The van der Waals surface area contributed by atoms with E-state index in [1.165, 1.54) is 0 Å². The standard InChI is InChI=1S/6Cr.15Cu.25H2O.41O.10Zn/h;;;;;;;;;;;;;;;;;;;;;25*1H2;;;;;;;;;;;;;;;;;;;;;;;;;;;;;;;;;;;;;;;;;;;;;;;;;;;/q;;;;;;;;;;11*+2;;;;;;;;;;;;;;;;;;;;;;;;;;;;;;;;;;;;;;17*-2;12*-1;10*+2. The van der Waals surface area contributed by atoms with Crippen molar-refractivity contribution in [3.63, 3.8) is 0 Å². The van der Waals surface area contributed by atoms with Gasteiger partial charge in [0.05, 0.1) is 0 Å². The molecule has 0 aromatic rings. The van der Waals surface area contributed by atoms with Crippen LogP contribution in [0.4, 0.5) is 0 Å². The Hall–Kier alpha value is 12.7. The molecule has 0 saturated heterocycles. The summed E-state index contributed by atoms with van der Waals surface area (Å²) in [5.74, 6) is 0. The molecule has 15 radical (unpaired) electrons. The summed E-state index contributed by atoms with van der Waals surface area (Å²) >= 11 is -34.5. The normalized spacial score (nSPS) is 3.59. The summed E-state index contributed by atoms with van der Waals surface area (Å²) in [6, 6.07) is 0. The van der Waals surface area contributed by atoms with E-state index in [0.717, 1.165) is 0 Å². The number of hydrogen-bond donors (Lipinski definition) is 0. The molecule has 0 amide bonds. The summed E-state index contributed by atoms with van der Waals surface area (Å²) in [7, 11) is 0. The van der Waals surface area contributed by atoms with Gasteiger partial charge >= 0.3 is 560 Å². The van der Waals surface area contributed by atoms with Crippen molar-refractivity contribution in [2.24, 2.45) is 0 Å². The third-order valence-electron chi connectivity index (χ3n) is 0. The van der Waals surface area contributed by atoms with Crippen LogP contribution in [0.3, 0.4) is 0 Å². The zero-order valence-electron chi connectivity index (χ0n) is 43.3. The van der Waals surface area contributed by atoms with Crippen molar-refractivity contribution in [3.8, 4) is 0 Å². The van der Waals surface area contributed by atoms with Gasteiger partial charge in [-0.1, -0.05) is 0 Å². The topological polar surface area (TPSA) is 1750 Å². The second-order valence-corrected chi connectivity index (χ2v) is 10.1. The van der Waals surface area contributed by atoms with Gasteiger partial charge in [0.25, 0.3) is 0 Å². The molecule has 66 nitrogen and oxygen atoms in total. The molecule has 0 aliphatic heterocycles. The summed E-state index contributed by atoms with van der Waals surface area (Å²) in [5, 5.41) is 0. The zero-order valence-corrected chi connectivity index (χ0v) is 94.7. The minimum atomic E-state index is -5.75. The first kappa shape index (κ1) is 963. The van der Waals surface area contributed by atoms with Gasteiger partial charge in [0.15, 0.2) is 0 Å². The Kier molecular flexibility index (Phi) is 5280. The van der Waals surface area contributed by atoms with Gasteiger partial charge < -0.3 is 230 Å². The average molecular weight is 3030 g/mol. The smallest absolute Gasteiger partial charge is 2.00 e. The molecular weight excluding hydrogens is 2970 g/mol. The molecule has 50 N–H and O–H groups in total. The van der Waals surface area contributed by atoms with Crippen molar-refractivity contribution < 1.29 is 858 Å². The minimum Gasteiger partial charge on any atom is 2.00 e. The second kappa shape index (κ2) is 532. The molecule has 0 aliphatic rings. The van der Waals surface area contributed by atoms with Gasteiger partial charge in [0.1, 0.15) is 0 Å². The Morgan fingerprint density at radius 1 is 0.113 bits per heavy atom. The molecule has 0 aromatic heterocycles. The number of hydrogen-bond acceptors (Lipinski definition) is 24. The Balaban J connectivity index is -0.000000000882. The van der Waals surface area contributed by atoms with Crippen molar-refractivity contribution in [1.82, 2.24) is 0 Å². The van der Waals surface area contributed by atoms with Crippen LogP contribution in [0.1, 0.15) is 0 Å². The van der Waals surface area contributed by atoms with Crippen molar-refractivity contribution in [2.45, 2.75) is 0 Å². The third kappa shape index (κ3) is 7710. The molecule has 0 bridgehead atoms. The predicted octanol–water partition coefficient (Wildman–Crippen LogP) is -38.4. The van der Waals surface area contributed by atoms with E-state index in [2.05, 4.69) is 0 Å². The van der Waals surface area contributed by atoms with E-state index < -0.39 is 81.7 Å². The molecule has 0 aromatic carbocycles. The Morgan fingerprint density at radius 2 is 0.113 bits per heavy atom. The molecule has 0 rings (SSSR count). The number of rotatable bonds is 0. The maximum Gasteiger partial charge on any atom is 2.00 e. The fraction of sp³-hybridized carbons (Fsp3) is 0. The summed E-state index contributed by atoms with van der Waals surface area (Å²) in [5.41, 5.74) is 0. The van der Waals surface area contributed by atoms with E-state index in [-0.39, 0.29) is 681 Å². The quantitative estimate of drug-likeness (QED) is 0.203. The maximum absolute atomic E-state index is 8.59. The fourth-order valence-corrected chi connectivity index (χ4v) is 0. The van der Waals surface area contributed by atoms with E-state index in [0.29, 0.717) is 0 Å². The van der Waals surface area contributed by atoms with E-state index in [9.17, 15) is 0 Å². The minimum absolute atomic E-state index is 0. The van der Waals surface area contributed by atoms with Crippen LogP contribution < -0.4 is 49.9 Å². The Morgan fingerprint density at radius 3 is 0.113 bits per heavy atom. The van der Waals surface area contributed by atoms with Crippen molar-refractivity contribution in [1.29, 1.82) is 0 Å². The van der Waals surface area contributed by atoms with E-state index in [1.807, 2.05) is 0 Å². The van der Waals surface area contributed by atoms with Crippen LogP contribution in [0, 0.1) is 0 Å². The molecule has 97 heteroatoms. The molecule has 0 aliphatic carbocycles. The van der Waals surface area contributed by atoms with E-state index >= 15 is 0 Å². The predicted molar refractivity (Wildman–Crippen MR) is 110 cm³/mol. The van der Waals surface area contributed by atoms with Crippen LogP contribution in [0.15, 0.2) is 0 Å². The molecule has 0 atom stereocenters. The van der Waals surface area contributed by atoms with E-state index in [1.54, 1.807) is 0 Å². The monoisotopic (exact) mass is 3000 g/mol. The summed E-state index contributed by atoms with van der Waals surface area (Å²) < 4.78 is 206. The fourth-order valence-electron chi connectivity index (χ4n) is 0. The first-order valence-electron chi connectivity index (χ1n) is 4.00. The molecule has 0 fully saturated rings. The van der Waals surface area contributed by atoms with Crippen LogP contribution in [-0.2, 0) is 671 Å². The molecule has 97 heavy (non-hydrogen) atoms. The van der Waals surface area contributed by atoms with Gasteiger partial charge in [-0.3, -0.25) is 0 Å². The van der Waals surface area contributed by atoms with Crippen molar-refractivity contribution in [3.05, 3.63) is 0 Å². The van der Waals surface area contributed by atoms with Crippen molar-refractivity contribution >= 4 is 0 Å². The molecule has 0 saturated carbocycles. The first-order valence-corrected chi connectivity index (χ1v) is 16.5. The summed E-state index contributed by atoms with van der Waals surface area (Å²) in [4.78, 5) is 0. The second-order valence-electron chi connectivity index (χ2n) is 2.45. The molecular formula is H50Cr6Cu15O66Zn10-4. The van der Waals surface area contributed by atoms with Gasteiger partial charge in [0.2, 0.25) is 0 Å². The van der Waals surface area contributed by atoms with Crippen LogP contribution in [-0.4, -0.2) is 137 Å². The maximum atomic E-state index is 8.59. The van der Waals surface area contributed by atoms with Crippen molar-refractivity contribution in [2.75, 3.05) is 0 Å². The van der Waals surface area contributed by atoms with Gasteiger partial charge in [0, 0.05) is 68.3 Å². The SMILES string of the molecule is O.O.O.O.O.O.O.O.O.O.O.O.O.O.O.O.O.O.O.O.O.O.O.O.O.[Cu+2].[Cu+2].[Cu+2].[Cu+2].[Cu+2].[Cu+2].[Cu+2].[Cu+2].[Cu+2].[Cu+2].[Cu+2].[Cu].[Cu].[Cu].[Cu].[O-2].[O-2].[O-2].[O-2].[O-2].[O-2].[O-2].[O-2].[O-2].[O-2].[O-2].[O-2].[O-2].[O-2].[O-2].[O-2].[O-2].[O]=[Cr](=[O])([O-])[O-].[O]=[Cr](=[O])([O-])[O-].[O]=[Cr](=[O])([O-])[O-].[O]=[Cr](=[O])([O-])[O-].[O]=[Cr](=[O])([O-])[O-].[O]=[Cr](=[O])([O-])[O-].[Zn+2].[Zn+2].[Zn+2].[Zn+2].[Zn+2].[Zn+2].[Zn+2].[Zn+2].[Zn+2].[Zn+2]. The molecule has 0 spiro atoms. The summed E-state index contributed by atoms with van der Waals surface area (Å²) in [6.07, 6.45) is 0. The van der Waals surface area contributed by atoms with E-state index in [4.69, 9.17) is 95.5 Å². The van der Waals surface area contributed by atoms with Crippen LogP contribution in [0.25, 0.3) is 0 Å². The average Bonchev–Trinajstić information content (AvgIpc) is 1.94. The summed E-state index contributed by atoms with van der Waals surface area (Å²) in [6.45, 7) is 0. The zero-order chi connectivity index (χ0) is 27.0. The first-order chi connectivity index (χ1) is 12.0. The largest absolute Gasteiger partial charge is 2.00 e. The third-order valence-corrected chi connectivity index (χ3v) is 0. The molecule has 0 unspecified atom stereocenters. The van der Waals surface area contributed by atoms with Gasteiger partial charge in [-0.05, 0) is 0 Å². The molecule has 0 heterocycles. The Bertz CT molecular complexity index is 866. The van der Waals surface area contributed by atoms with Gasteiger partial charge in [-0.25, -0.2) is 0 Å². The van der Waals surface area contributed by atoms with Crippen LogP contribution in [0.5, 0.6) is 0 Å². The van der Waals surface area contributed by atoms with Gasteiger partial charge in [-0.15, -0.1) is 0 Å². The Labute approximate surface area is 844 Å².